The van der Waals surface area contributed by atoms with Gasteiger partial charge in [-0.25, -0.2) is 0 Å². The second kappa shape index (κ2) is 4.79. The summed E-state index contributed by atoms with van der Waals surface area (Å²) in [7, 11) is 2.03. The van der Waals surface area contributed by atoms with Crippen molar-refractivity contribution in [3.63, 3.8) is 0 Å². The maximum Gasteiger partial charge on any atom is 0.0973 e. The first kappa shape index (κ1) is 13.1. The van der Waals surface area contributed by atoms with Crippen LogP contribution in [0.5, 0.6) is 0 Å². The normalized spacial score (nSPS) is 18.6. The quantitative estimate of drug-likeness (QED) is 0.733. The van der Waals surface area contributed by atoms with Crippen LogP contribution in [0.4, 0.5) is 0 Å². The zero-order valence-corrected chi connectivity index (χ0v) is 13.0. The molecule has 7 nitrogen and oxygen atoms in total. The van der Waals surface area contributed by atoms with Crippen molar-refractivity contribution in [1.29, 1.82) is 0 Å². The lowest BCUT2D eigenvalue weighted by Gasteiger charge is -2.29. The lowest BCUT2D eigenvalue weighted by Crippen LogP contribution is -2.34. The van der Waals surface area contributed by atoms with Crippen molar-refractivity contribution in [2.45, 2.75) is 25.4 Å². The van der Waals surface area contributed by atoms with Gasteiger partial charge < -0.3 is 4.74 Å². The van der Waals surface area contributed by atoms with Gasteiger partial charge in [-0.2, -0.15) is 15.3 Å². The average molecular weight is 310 g/mol. The molecule has 7 heteroatoms. The van der Waals surface area contributed by atoms with E-state index >= 15 is 0 Å². The van der Waals surface area contributed by atoms with Crippen LogP contribution in [0.15, 0.2) is 23.4 Å². The summed E-state index contributed by atoms with van der Waals surface area (Å²) in [5, 5.41) is 19.9. The number of hydrogen-bond donors (Lipinski definition) is 1. The van der Waals surface area contributed by atoms with Crippen LogP contribution >= 0.6 is 0 Å². The Balaban J connectivity index is 1.68. The molecule has 1 aromatic rings. The third-order valence-corrected chi connectivity index (χ3v) is 4.90. The molecule has 1 N–H and O–H groups in total. The fraction of sp³-hybridized carbons (Fsp3) is 0.438. The first-order valence-electron chi connectivity index (χ1n) is 8.02. The molecule has 1 aliphatic carbocycles. The first-order chi connectivity index (χ1) is 11.3. The summed E-state index contributed by atoms with van der Waals surface area (Å²) in [6, 6.07) is 4.56. The highest BCUT2D eigenvalue weighted by molar-refractivity contribution is 5.92. The van der Waals surface area contributed by atoms with E-state index in [-0.39, 0.29) is 0 Å². The molecule has 23 heavy (non-hydrogen) atoms. The minimum absolute atomic E-state index is 0.471. The summed E-state index contributed by atoms with van der Waals surface area (Å²) in [6.07, 6.45) is 3.87. The number of hydrogen-bond acceptors (Lipinski definition) is 5. The van der Waals surface area contributed by atoms with Crippen LogP contribution in [0.1, 0.15) is 18.4 Å². The maximum atomic E-state index is 5.48. The zero-order valence-electron chi connectivity index (χ0n) is 13.0. The average Bonchev–Trinajstić information content (AvgIpc) is 3.09. The summed E-state index contributed by atoms with van der Waals surface area (Å²) in [6.45, 7) is 2.50. The predicted molar refractivity (Wildman–Crippen MR) is 84.4 cm³/mol. The number of rotatable bonds is 1. The highest BCUT2D eigenvalue weighted by atomic mass is 16.5. The number of nitrogens with one attached hydrogen (secondary N) is 1. The maximum absolute atomic E-state index is 5.48. The van der Waals surface area contributed by atoms with E-state index < -0.39 is 0 Å². The molecular weight excluding hydrogens is 292 g/mol. The molecule has 4 aliphatic rings. The summed E-state index contributed by atoms with van der Waals surface area (Å²) < 4.78 is 7.54. The molecule has 0 unspecified atom stereocenters. The van der Waals surface area contributed by atoms with Crippen molar-refractivity contribution in [3.05, 3.63) is 29.3 Å². The predicted octanol–water partition coefficient (Wildman–Crippen LogP) is 1.21. The molecule has 5 rings (SSSR count). The zero-order chi connectivity index (χ0) is 15.4. The lowest BCUT2D eigenvalue weighted by molar-refractivity contribution is 0.0337. The third-order valence-electron chi connectivity index (χ3n) is 4.90. The molecule has 1 saturated heterocycles. The van der Waals surface area contributed by atoms with Gasteiger partial charge in [-0.3, -0.25) is 14.8 Å². The standard InChI is InChI=1S/C16H18N6O/c1-21-16-11-9-22(10-4-6-23-7-5-10)20-12(11)2-3-13-15(16)14(19-21)8-17-18-13/h2-3,8,10,19H,4-7,9H2,1H3. The molecule has 4 heterocycles. The Bertz CT molecular complexity index is 920. The molecule has 1 aromatic heterocycles. The van der Waals surface area contributed by atoms with Crippen molar-refractivity contribution in [1.82, 2.24) is 25.0 Å². The van der Waals surface area contributed by atoms with Crippen molar-refractivity contribution in [3.8, 4) is 11.3 Å². The monoisotopic (exact) mass is 310 g/mol. The lowest BCUT2D eigenvalue weighted by atomic mass is 10.1. The van der Waals surface area contributed by atoms with Gasteiger partial charge in [0.15, 0.2) is 0 Å². The van der Waals surface area contributed by atoms with Gasteiger partial charge in [0.2, 0.25) is 0 Å². The van der Waals surface area contributed by atoms with Crippen molar-refractivity contribution in [2.24, 2.45) is 12.1 Å². The minimum Gasteiger partial charge on any atom is -0.381 e. The van der Waals surface area contributed by atoms with Gasteiger partial charge in [0.25, 0.3) is 0 Å². The Morgan fingerprint density at radius 3 is 3.00 bits per heavy atom. The summed E-state index contributed by atoms with van der Waals surface area (Å²) in [5.74, 6) is 0. The molecular formula is C16H18N6O. The molecule has 0 bridgehead atoms. The number of H-pyrrole nitrogens is 1. The Hall–Kier alpha value is -2.41. The van der Waals surface area contributed by atoms with Gasteiger partial charge in [-0.15, -0.1) is 0 Å². The topological polar surface area (TPSA) is 71.3 Å². The van der Waals surface area contributed by atoms with E-state index in [9.17, 15) is 0 Å². The van der Waals surface area contributed by atoms with E-state index in [0.717, 1.165) is 54.6 Å². The van der Waals surface area contributed by atoms with E-state index in [2.05, 4.69) is 31.1 Å². The van der Waals surface area contributed by atoms with Crippen molar-refractivity contribution < 1.29 is 4.74 Å². The van der Waals surface area contributed by atoms with Gasteiger partial charge in [0.1, 0.15) is 0 Å². The van der Waals surface area contributed by atoms with Crippen LogP contribution < -0.4 is 5.36 Å². The molecule has 0 radical (unpaired) electrons. The molecule has 3 aliphatic heterocycles. The summed E-state index contributed by atoms with van der Waals surface area (Å²) in [5.41, 5.74) is 5.47. The second-order valence-electron chi connectivity index (χ2n) is 6.28. The fourth-order valence-corrected chi connectivity index (χ4v) is 3.77. The number of ether oxygens (including phenoxy) is 1. The van der Waals surface area contributed by atoms with E-state index in [1.807, 2.05) is 13.1 Å². The Kier molecular flexibility index (Phi) is 2.72. The molecule has 1 fully saturated rings. The molecule has 0 spiro atoms. The van der Waals surface area contributed by atoms with Gasteiger partial charge >= 0.3 is 0 Å². The van der Waals surface area contributed by atoms with Crippen LogP contribution in [0, 0.1) is 0 Å². The van der Waals surface area contributed by atoms with E-state index in [1.165, 1.54) is 11.3 Å². The van der Waals surface area contributed by atoms with Gasteiger partial charge in [-0.05, 0) is 25.0 Å². The van der Waals surface area contributed by atoms with E-state index in [0.29, 0.717) is 6.04 Å². The van der Waals surface area contributed by atoms with E-state index in [4.69, 9.17) is 9.84 Å². The number of fused-ring (bicyclic) bond motifs is 2. The number of aromatic nitrogens is 4. The molecule has 0 atom stereocenters. The van der Waals surface area contributed by atoms with Crippen LogP contribution in [-0.2, 0) is 18.3 Å². The van der Waals surface area contributed by atoms with Crippen LogP contribution in [-0.4, -0.2) is 44.2 Å². The smallest absolute Gasteiger partial charge is 0.0973 e. The van der Waals surface area contributed by atoms with Crippen LogP contribution in [0.2, 0.25) is 0 Å². The minimum atomic E-state index is 0.471. The van der Waals surface area contributed by atoms with Gasteiger partial charge in [0.05, 0.1) is 46.4 Å². The highest BCUT2D eigenvalue weighted by Crippen LogP contribution is 2.33. The van der Waals surface area contributed by atoms with Gasteiger partial charge in [0, 0.05) is 25.8 Å². The van der Waals surface area contributed by atoms with Crippen molar-refractivity contribution >= 4 is 11.0 Å². The third kappa shape index (κ3) is 1.89. The summed E-state index contributed by atoms with van der Waals surface area (Å²) >= 11 is 0. The second-order valence-corrected chi connectivity index (χ2v) is 6.28. The van der Waals surface area contributed by atoms with Crippen LogP contribution in [0.3, 0.4) is 0 Å². The largest absolute Gasteiger partial charge is 0.381 e. The number of nitrogens with zero attached hydrogens (tertiary/aromatic N) is 5. The Labute approximate surface area is 132 Å². The number of aromatic amines is 1. The highest BCUT2D eigenvalue weighted by Gasteiger charge is 2.28. The molecule has 0 saturated carbocycles. The fourth-order valence-electron chi connectivity index (χ4n) is 3.77. The van der Waals surface area contributed by atoms with Crippen molar-refractivity contribution in [2.75, 3.05) is 13.2 Å². The van der Waals surface area contributed by atoms with Gasteiger partial charge in [-0.1, -0.05) is 0 Å². The Morgan fingerprint density at radius 1 is 1.26 bits per heavy atom. The number of aryl methyl sites for hydroxylation is 1. The SMILES string of the molecule is Cn1[nH]c2cnnc3ccc4c(c1-c32)CN(C1CCOCC1)N=4. The molecule has 0 amide bonds. The molecule has 0 aromatic carbocycles. The van der Waals surface area contributed by atoms with Crippen LogP contribution in [0.25, 0.3) is 22.3 Å². The van der Waals surface area contributed by atoms with E-state index in [1.54, 1.807) is 6.20 Å². The first-order valence-corrected chi connectivity index (χ1v) is 8.02. The summed E-state index contributed by atoms with van der Waals surface area (Å²) in [4.78, 5) is 0. The Morgan fingerprint density at radius 2 is 2.13 bits per heavy atom. The molecule has 118 valence electrons.